The second-order valence-electron chi connectivity index (χ2n) is 5.64. The fourth-order valence-corrected chi connectivity index (χ4v) is 2.61. The molecule has 124 valence electrons. The number of aromatic amines is 1. The van der Waals surface area contributed by atoms with Crippen LogP contribution in [0.3, 0.4) is 0 Å². The quantitative estimate of drug-likeness (QED) is 0.730. The highest BCUT2D eigenvalue weighted by Gasteiger charge is 2.25. The summed E-state index contributed by atoms with van der Waals surface area (Å²) in [7, 11) is 1.58. The number of aromatic nitrogens is 1. The number of rotatable bonds is 7. The van der Waals surface area contributed by atoms with Gasteiger partial charge in [0.1, 0.15) is 11.8 Å². The number of amides is 1. The molecule has 0 bridgehead atoms. The minimum Gasteiger partial charge on any atom is -0.496 e. The second kappa shape index (κ2) is 7.17. The van der Waals surface area contributed by atoms with Gasteiger partial charge < -0.3 is 20.1 Å². The van der Waals surface area contributed by atoms with Crippen LogP contribution in [0.15, 0.2) is 24.4 Å². The monoisotopic (exact) mass is 318 g/mol. The van der Waals surface area contributed by atoms with Crippen LogP contribution in [0, 0.1) is 5.92 Å². The van der Waals surface area contributed by atoms with E-state index in [1.807, 2.05) is 32.0 Å². The van der Waals surface area contributed by atoms with Gasteiger partial charge in [0.05, 0.1) is 13.5 Å². The molecule has 0 saturated carbocycles. The van der Waals surface area contributed by atoms with Gasteiger partial charge in [0.15, 0.2) is 0 Å². The summed E-state index contributed by atoms with van der Waals surface area (Å²) in [5.74, 6) is -0.772. The molecule has 0 radical (unpaired) electrons. The van der Waals surface area contributed by atoms with E-state index >= 15 is 0 Å². The first kappa shape index (κ1) is 16.9. The third-order valence-electron chi connectivity index (χ3n) is 4.12. The smallest absolute Gasteiger partial charge is 0.326 e. The van der Waals surface area contributed by atoms with Crippen LogP contribution < -0.4 is 10.1 Å². The van der Waals surface area contributed by atoms with Crippen molar-refractivity contribution in [2.24, 2.45) is 5.92 Å². The molecular formula is C17H22N2O4. The number of hydrogen-bond donors (Lipinski definition) is 3. The molecule has 2 unspecified atom stereocenters. The van der Waals surface area contributed by atoms with Crippen LogP contribution in [-0.4, -0.2) is 35.1 Å². The summed E-state index contributed by atoms with van der Waals surface area (Å²) >= 11 is 0. The number of aliphatic carboxylic acids is 1. The summed E-state index contributed by atoms with van der Waals surface area (Å²) in [6.07, 6.45) is 2.53. The van der Waals surface area contributed by atoms with Crippen LogP contribution in [0.4, 0.5) is 0 Å². The predicted molar refractivity (Wildman–Crippen MR) is 87.6 cm³/mol. The van der Waals surface area contributed by atoms with Crippen molar-refractivity contribution in [1.29, 1.82) is 0 Å². The van der Waals surface area contributed by atoms with Gasteiger partial charge in [-0.25, -0.2) is 4.79 Å². The Morgan fingerprint density at radius 3 is 2.74 bits per heavy atom. The van der Waals surface area contributed by atoms with Gasteiger partial charge in [-0.15, -0.1) is 0 Å². The Bertz CT molecular complexity index is 708. The molecule has 0 fully saturated rings. The second-order valence-corrected chi connectivity index (χ2v) is 5.64. The molecule has 6 heteroatoms. The Labute approximate surface area is 134 Å². The molecule has 2 atom stereocenters. The van der Waals surface area contributed by atoms with Crippen LogP contribution >= 0.6 is 0 Å². The lowest BCUT2D eigenvalue weighted by Gasteiger charge is -2.20. The highest BCUT2D eigenvalue weighted by Crippen LogP contribution is 2.28. The molecule has 0 saturated heterocycles. The maximum absolute atomic E-state index is 12.3. The van der Waals surface area contributed by atoms with Gasteiger partial charge in [-0.05, 0) is 23.6 Å². The first-order valence-corrected chi connectivity index (χ1v) is 7.63. The normalized spacial score (nSPS) is 13.5. The minimum absolute atomic E-state index is 0.0978. The Balaban J connectivity index is 2.19. The lowest BCUT2D eigenvalue weighted by atomic mass is 9.99. The molecular weight excluding hydrogens is 296 g/mol. The van der Waals surface area contributed by atoms with Gasteiger partial charge in [-0.3, -0.25) is 4.79 Å². The zero-order valence-electron chi connectivity index (χ0n) is 13.6. The third kappa shape index (κ3) is 3.64. The van der Waals surface area contributed by atoms with Crippen molar-refractivity contribution in [2.45, 2.75) is 32.7 Å². The number of carboxylic acids is 1. The maximum atomic E-state index is 12.3. The maximum Gasteiger partial charge on any atom is 0.326 e. The summed E-state index contributed by atoms with van der Waals surface area (Å²) in [4.78, 5) is 26.7. The Hall–Kier alpha value is -2.50. The topological polar surface area (TPSA) is 91.4 Å². The molecule has 2 aromatic rings. The fourth-order valence-electron chi connectivity index (χ4n) is 2.61. The molecule has 1 aromatic heterocycles. The molecule has 1 amide bonds. The van der Waals surface area contributed by atoms with Crippen LogP contribution in [0.25, 0.3) is 10.9 Å². The number of benzene rings is 1. The van der Waals surface area contributed by atoms with Gasteiger partial charge >= 0.3 is 5.97 Å². The molecule has 2 rings (SSSR count). The summed E-state index contributed by atoms with van der Waals surface area (Å²) < 4.78 is 5.34. The van der Waals surface area contributed by atoms with Crippen molar-refractivity contribution in [3.05, 3.63) is 30.0 Å². The SMILES string of the molecule is CCC(C)C(NC(=O)Cc1c[nH]c2cccc(OC)c12)C(=O)O. The van der Waals surface area contributed by atoms with Crippen LogP contribution in [0.2, 0.25) is 0 Å². The van der Waals surface area contributed by atoms with Crippen molar-refractivity contribution in [3.8, 4) is 5.75 Å². The Kier molecular flexibility index (Phi) is 5.26. The number of hydrogen-bond acceptors (Lipinski definition) is 3. The first-order valence-electron chi connectivity index (χ1n) is 7.63. The molecule has 3 N–H and O–H groups in total. The van der Waals surface area contributed by atoms with E-state index in [-0.39, 0.29) is 18.2 Å². The summed E-state index contributed by atoms with van der Waals surface area (Å²) in [5.41, 5.74) is 1.66. The zero-order chi connectivity index (χ0) is 17.0. The standard InChI is InChI=1S/C17H22N2O4/c1-4-10(2)16(17(21)22)19-14(20)8-11-9-18-12-6-5-7-13(23-3)15(11)12/h5-7,9-10,16,18H,4,8H2,1-3H3,(H,19,20)(H,21,22). The van der Waals surface area contributed by atoms with E-state index in [0.717, 1.165) is 16.5 Å². The molecule has 1 heterocycles. The highest BCUT2D eigenvalue weighted by molar-refractivity contribution is 5.94. The molecule has 6 nitrogen and oxygen atoms in total. The summed E-state index contributed by atoms with van der Waals surface area (Å²) in [6.45, 7) is 3.71. The number of H-pyrrole nitrogens is 1. The molecule has 0 aliphatic heterocycles. The summed E-state index contributed by atoms with van der Waals surface area (Å²) in [5, 5.41) is 12.7. The number of methoxy groups -OCH3 is 1. The number of fused-ring (bicyclic) bond motifs is 1. The zero-order valence-corrected chi connectivity index (χ0v) is 13.6. The molecule has 23 heavy (non-hydrogen) atoms. The fraction of sp³-hybridized carbons (Fsp3) is 0.412. The largest absolute Gasteiger partial charge is 0.496 e. The Morgan fingerprint density at radius 1 is 1.39 bits per heavy atom. The van der Waals surface area contributed by atoms with Crippen molar-refractivity contribution in [1.82, 2.24) is 10.3 Å². The van der Waals surface area contributed by atoms with Crippen molar-refractivity contribution in [3.63, 3.8) is 0 Å². The van der Waals surface area contributed by atoms with E-state index in [2.05, 4.69) is 10.3 Å². The van der Waals surface area contributed by atoms with Crippen LogP contribution in [0.1, 0.15) is 25.8 Å². The average molecular weight is 318 g/mol. The van der Waals surface area contributed by atoms with Crippen molar-refractivity contribution in [2.75, 3.05) is 7.11 Å². The van der Waals surface area contributed by atoms with E-state index in [1.54, 1.807) is 13.3 Å². The Morgan fingerprint density at radius 2 is 2.13 bits per heavy atom. The molecule has 1 aromatic carbocycles. The van der Waals surface area contributed by atoms with Crippen molar-refractivity contribution >= 4 is 22.8 Å². The third-order valence-corrected chi connectivity index (χ3v) is 4.12. The van der Waals surface area contributed by atoms with Gasteiger partial charge in [0, 0.05) is 17.1 Å². The summed E-state index contributed by atoms with van der Waals surface area (Å²) in [6, 6.07) is 4.72. The molecule has 0 aliphatic rings. The molecule has 0 aliphatic carbocycles. The van der Waals surface area contributed by atoms with E-state index < -0.39 is 12.0 Å². The van der Waals surface area contributed by atoms with E-state index in [1.165, 1.54) is 0 Å². The van der Waals surface area contributed by atoms with E-state index in [4.69, 9.17) is 4.74 Å². The van der Waals surface area contributed by atoms with Crippen LogP contribution in [0.5, 0.6) is 5.75 Å². The van der Waals surface area contributed by atoms with Gasteiger partial charge in [0.2, 0.25) is 5.91 Å². The lowest BCUT2D eigenvalue weighted by molar-refractivity contribution is -0.143. The van der Waals surface area contributed by atoms with Crippen LogP contribution in [-0.2, 0) is 16.0 Å². The van der Waals surface area contributed by atoms with Gasteiger partial charge in [-0.1, -0.05) is 26.3 Å². The number of nitrogens with one attached hydrogen (secondary N) is 2. The number of carbonyl (C=O) groups is 2. The number of ether oxygens (including phenoxy) is 1. The highest BCUT2D eigenvalue weighted by atomic mass is 16.5. The minimum atomic E-state index is -1.01. The lowest BCUT2D eigenvalue weighted by Crippen LogP contribution is -2.45. The first-order chi connectivity index (χ1) is 11.0. The average Bonchev–Trinajstić information content (AvgIpc) is 2.94. The van der Waals surface area contributed by atoms with Crippen molar-refractivity contribution < 1.29 is 19.4 Å². The van der Waals surface area contributed by atoms with Gasteiger partial charge in [-0.2, -0.15) is 0 Å². The van der Waals surface area contributed by atoms with E-state index in [9.17, 15) is 14.7 Å². The number of carbonyl (C=O) groups excluding carboxylic acids is 1. The number of carboxylic acid groups (broad SMARTS) is 1. The molecule has 0 spiro atoms. The van der Waals surface area contributed by atoms with Gasteiger partial charge in [0.25, 0.3) is 0 Å². The van der Waals surface area contributed by atoms with E-state index in [0.29, 0.717) is 12.2 Å². The predicted octanol–water partition coefficient (Wildman–Crippen LogP) is 2.33.